The number of anilines is 2. The van der Waals surface area contributed by atoms with Crippen LogP contribution in [0.25, 0.3) is 0 Å². The standard InChI is InChI=1S/C15H19N7OSSe2/c1-22-5-2-10(9-22)8-11(23)17-15-21-19-13(26-15)4-7-24-6-3-12-18-20-14(16)25-12/h2,5,9H,3-4,6-8H2,1H3,(H2,16,20)(H,17,21,23). The van der Waals surface area contributed by atoms with Crippen molar-refractivity contribution in [3.8, 4) is 0 Å². The first-order valence-corrected chi connectivity index (χ1v) is 12.6. The fourth-order valence-electron chi connectivity index (χ4n) is 2.21. The van der Waals surface area contributed by atoms with Gasteiger partial charge in [-0.25, -0.2) is 0 Å². The van der Waals surface area contributed by atoms with Gasteiger partial charge in [-0.1, -0.05) is 0 Å². The number of hydrogen-bond donors (Lipinski definition) is 2. The van der Waals surface area contributed by atoms with Gasteiger partial charge in [0.1, 0.15) is 0 Å². The van der Waals surface area contributed by atoms with Crippen molar-refractivity contribution in [3.05, 3.63) is 33.2 Å². The van der Waals surface area contributed by atoms with Crippen LogP contribution >= 0.6 is 11.8 Å². The number of carbonyl (C=O) groups excluding carboxylic acids is 1. The molecule has 3 N–H and O–H groups in total. The van der Waals surface area contributed by atoms with Gasteiger partial charge < -0.3 is 0 Å². The maximum atomic E-state index is 12.1. The predicted molar refractivity (Wildman–Crippen MR) is 105 cm³/mol. The molecule has 0 atom stereocenters. The summed E-state index contributed by atoms with van der Waals surface area (Å²) >= 11 is 2.05. The molecule has 138 valence electrons. The summed E-state index contributed by atoms with van der Waals surface area (Å²) in [5.41, 5.74) is 6.62. The third kappa shape index (κ3) is 6.10. The summed E-state index contributed by atoms with van der Waals surface area (Å²) in [6.45, 7) is 0. The number of amides is 1. The fraction of sp³-hybridized carbons (Fsp3) is 0.400. The van der Waals surface area contributed by atoms with Gasteiger partial charge in [0.15, 0.2) is 0 Å². The van der Waals surface area contributed by atoms with Crippen molar-refractivity contribution in [3.63, 3.8) is 0 Å². The Kier molecular flexibility index (Phi) is 7.10. The van der Waals surface area contributed by atoms with Crippen LogP contribution in [0.15, 0.2) is 18.5 Å². The Morgan fingerprint density at radius 2 is 1.92 bits per heavy atom. The molecule has 3 aromatic rings. The van der Waals surface area contributed by atoms with Crippen LogP contribution in [0.3, 0.4) is 0 Å². The van der Waals surface area contributed by atoms with Gasteiger partial charge in [0.2, 0.25) is 0 Å². The summed E-state index contributed by atoms with van der Waals surface area (Å²) < 4.78 is 5.50. The second-order valence-corrected chi connectivity index (χ2v) is 11.3. The van der Waals surface area contributed by atoms with Crippen LogP contribution in [0.5, 0.6) is 0 Å². The van der Waals surface area contributed by atoms with Gasteiger partial charge in [0.25, 0.3) is 0 Å². The van der Waals surface area contributed by atoms with Crippen molar-refractivity contribution in [2.45, 2.75) is 19.3 Å². The SMILES string of the molecule is Cn1ccc(CC(=O)Nc2nnc(CCSCCc3nnc(N)[se]3)[se]2)c1. The van der Waals surface area contributed by atoms with E-state index in [1.165, 1.54) is 0 Å². The molecule has 0 radical (unpaired) electrons. The van der Waals surface area contributed by atoms with E-state index < -0.39 is 0 Å². The summed E-state index contributed by atoms with van der Waals surface area (Å²) in [5.74, 6) is 1.98. The summed E-state index contributed by atoms with van der Waals surface area (Å²) in [5, 5.41) is 19.2. The van der Waals surface area contributed by atoms with E-state index >= 15 is 0 Å². The molecule has 0 saturated heterocycles. The van der Waals surface area contributed by atoms with Gasteiger partial charge in [-0.3, -0.25) is 0 Å². The number of hydrogen-bond acceptors (Lipinski definition) is 7. The molecule has 0 saturated carbocycles. The average Bonchev–Trinajstić information content (AvgIpc) is 3.30. The molecule has 3 aromatic heterocycles. The number of nitrogen functional groups attached to an aromatic ring is 1. The number of rotatable bonds is 9. The molecule has 3 heterocycles. The summed E-state index contributed by atoms with van der Waals surface area (Å²) in [6, 6.07) is 1.94. The summed E-state index contributed by atoms with van der Waals surface area (Å²) in [7, 11) is 1.94. The molecule has 8 nitrogen and oxygen atoms in total. The van der Waals surface area contributed by atoms with Gasteiger partial charge >= 0.3 is 168 Å². The molecular formula is C15H19N7OSSe2. The number of aryl methyl sites for hydroxylation is 3. The average molecular weight is 503 g/mol. The van der Waals surface area contributed by atoms with Gasteiger partial charge in [-0.2, -0.15) is 0 Å². The van der Waals surface area contributed by atoms with E-state index in [4.69, 9.17) is 5.73 Å². The maximum absolute atomic E-state index is 12.1. The molecule has 0 aromatic carbocycles. The zero-order valence-electron chi connectivity index (χ0n) is 14.2. The second kappa shape index (κ2) is 9.52. The van der Waals surface area contributed by atoms with E-state index in [0.29, 0.717) is 15.8 Å². The third-order valence-corrected chi connectivity index (χ3v) is 7.95. The van der Waals surface area contributed by atoms with E-state index in [2.05, 4.69) is 25.7 Å². The van der Waals surface area contributed by atoms with Crippen LogP contribution in [0, 0.1) is 0 Å². The Labute approximate surface area is 167 Å². The number of nitrogens with zero attached hydrogens (tertiary/aromatic N) is 5. The van der Waals surface area contributed by atoms with Crippen LogP contribution in [0.1, 0.15) is 14.7 Å². The molecule has 0 aliphatic rings. The Hall–Kier alpha value is -1.38. The molecule has 0 unspecified atom stereocenters. The molecule has 0 fully saturated rings. The molecular weight excluding hydrogens is 484 g/mol. The number of carbonyl (C=O) groups is 1. The third-order valence-electron chi connectivity index (χ3n) is 3.37. The Morgan fingerprint density at radius 1 is 1.19 bits per heavy atom. The van der Waals surface area contributed by atoms with Crippen molar-refractivity contribution in [1.82, 2.24) is 25.0 Å². The van der Waals surface area contributed by atoms with Gasteiger partial charge in [-0.15, -0.1) is 0 Å². The zero-order chi connectivity index (χ0) is 18.4. The van der Waals surface area contributed by atoms with E-state index in [1.54, 1.807) is 0 Å². The van der Waals surface area contributed by atoms with E-state index in [0.717, 1.165) is 39.0 Å². The van der Waals surface area contributed by atoms with Crippen molar-refractivity contribution < 1.29 is 4.79 Å². The molecule has 0 aliphatic carbocycles. The molecule has 26 heavy (non-hydrogen) atoms. The Balaban J connectivity index is 1.35. The quantitative estimate of drug-likeness (QED) is 0.313. The number of thioether (sulfide) groups is 1. The molecule has 0 aliphatic heterocycles. The van der Waals surface area contributed by atoms with Gasteiger partial charge in [0, 0.05) is 0 Å². The number of aromatic nitrogens is 5. The first kappa shape index (κ1) is 19.4. The van der Waals surface area contributed by atoms with Crippen molar-refractivity contribution in [2.75, 3.05) is 22.6 Å². The topological polar surface area (TPSA) is 112 Å². The summed E-state index contributed by atoms with van der Waals surface area (Å²) in [4.78, 5) is 12.1. The van der Waals surface area contributed by atoms with Crippen molar-refractivity contribution in [1.29, 1.82) is 0 Å². The minimum absolute atomic E-state index is 0.0217. The van der Waals surface area contributed by atoms with Crippen LogP contribution in [-0.2, 0) is 31.1 Å². The van der Waals surface area contributed by atoms with Crippen molar-refractivity contribution >= 4 is 56.1 Å². The van der Waals surface area contributed by atoms with Crippen LogP contribution in [-0.4, -0.2) is 71.4 Å². The van der Waals surface area contributed by atoms with E-state index in [1.807, 2.05) is 41.8 Å². The molecule has 0 spiro atoms. The first-order valence-electron chi connectivity index (χ1n) is 7.97. The number of nitrogens with two attached hydrogens (primary N) is 1. The molecule has 3 rings (SSSR count). The molecule has 1 amide bonds. The van der Waals surface area contributed by atoms with Gasteiger partial charge in [0.05, 0.1) is 0 Å². The fourth-order valence-corrected chi connectivity index (χ4v) is 6.53. The van der Waals surface area contributed by atoms with Gasteiger partial charge in [-0.05, 0) is 0 Å². The Morgan fingerprint density at radius 3 is 2.58 bits per heavy atom. The second-order valence-electron chi connectivity index (χ2n) is 5.56. The minimum atomic E-state index is -0.0386. The normalized spacial score (nSPS) is 11.0. The van der Waals surface area contributed by atoms with Crippen molar-refractivity contribution in [2.24, 2.45) is 7.05 Å². The Bertz CT molecular complexity index is 860. The zero-order valence-corrected chi connectivity index (χ0v) is 18.5. The molecule has 11 heteroatoms. The van der Waals surface area contributed by atoms with Crippen LogP contribution < -0.4 is 11.1 Å². The number of nitrogens with one attached hydrogen (secondary N) is 1. The summed E-state index contributed by atoms with van der Waals surface area (Å²) in [6.07, 6.45) is 6.09. The first-order chi connectivity index (χ1) is 12.6. The van der Waals surface area contributed by atoms with Crippen LogP contribution in [0.2, 0.25) is 0 Å². The molecule has 0 bridgehead atoms. The monoisotopic (exact) mass is 505 g/mol. The van der Waals surface area contributed by atoms with Crippen LogP contribution in [0.4, 0.5) is 9.38 Å². The predicted octanol–water partition coefficient (Wildman–Crippen LogP) is 0.000900. The van der Waals surface area contributed by atoms with E-state index in [9.17, 15) is 4.79 Å². The van der Waals surface area contributed by atoms with E-state index in [-0.39, 0.29) is 34.9 Å².